The number of urea groups is 1. The van der Waals surface area contributed by atoms with Gasteiger partial charge in [0.05, 0.1) is 0 Å². The molecule has 5 heteroatoms. The molecular weight excluding hydrogens is 230 g/mol. The molecule has 3 amide bonds. The molecule has 0 atom stereocenters. The summed E-state index contributed by atoms with van der Waals surface area (Å²) in [6, 6.07) is 6.26. The van der Waals surface area contributed by atoms with Crippen molar-refractivity contribution >= 4 is 23.3 Å². The molecule has 0 aliphatic carbocycles. The van der Waals surface area contributed by atoms with Crippen LogP contribution in [0.1, 0.15) is 32.6 Å². The van der Waals surface area contributed by atoms with Gasteiger partial charge in [0.15, 0.2) is 0 Å². The Balaban J connectivity index is 2.51. The van der Waals surface area contributed by atoms with Gasteiger partial charge in [0.25, 0.3) is 0 Å². The second kappa shape index (κ2) is 7.32. The Morgan fingerprint density at radius 2 is 1.83 bits per heavy atom. The summed E-state index contributed by atoms with van der Waals surface area (Å²) in [5.74, 6) is -0.0142. The van der Waals surface area contributed by atoms with Gasteiger partial charge in [0.1, 0.15) is 0 Å². The molecule has 0 fully saturated rings. The zero-order valence-corrected chi connectivity index (χ0v) is 10.5. The summed E-state index contributed by atoms with van der Waals surface area (Å²) in [6.07, 6.45) is 3.55. The number of nitrogens with two attached hydrogens (primary N) is 1. The average Bonchev–Trinajstić information content (AvgIpc) is 2.28. The third kappa shape index (κ3) is 5.34. The predicted molar refractivity (Wildman–Crippen MR) is 72.4 cm³/mol. The highest BCUT2D eigenvalue weighted by Crippen LogP contribution is 2.15. The van der Waals surface area contributed by atoms with Gasteiger partial charge < -0.3 is 16.4 Å². The lowest BCUT2D eigenvalue weighted by atomic mass is 10.2. The van der Waals surface area contributed by atoms with Gasteiger partial charge in [-0.3, -0.25) is 4.79 Å². The number of carbonyl (C=O) groups is 2. The van der Waals surface area contributed by atoms with E-state index in [0.29, 0.717) is 17.8 Å². The second-order valence-electron chi connectivity index (χ2n) is 4.08. The highest BCUT2D eigenvalue weighted by atomic mass is 16.2. The van der Waals surface area contributed by atoms with Gasteiger partial charge in [-0.25, -0.2) is 4.79 Å². The molecule has 4 N–H and O–H groups in total. The number of primary amides is 1. The summed E-state index contributed by atoms with van der Waals surface area (Å²) in [5, 5.41) is 5.24. The molecule has 0 heterocycles. The Morgan fingerprint density at radius 1 is 1.17 bits per heavy atom. The zero-order valence-electron chi connectivity index (χ0n) is 10.5. The molecule has 0 unspecified atom stereocenters. The molecule has 1 aromatic carbocycles. The van der Waals surface area contributed by atoms with Crippen LogP contribution in [0.4, 0.5) is 16.2 Å². The lowest BCUT2D eigenvalue weighted by molar-refractivity contribution is -0.116. The number of nitrogens with one attached hydrogen (secondary N) is 2. The van der Waals surface area contributed by atoms with Crippen molar-refractivity contribution in [2.24, 2.45) is 5.73 Å². The van der Waals surface area contributed by atoms with Crippen molar-refractivity contribution in [3.05, 3.63) is 24.3 Å². The molecule has 5 nitrogen and oxygen atoms in total. The van der Waals surface area contributed by atoms with Crippen LogP contribution in [0.25, 0.3) is 0 Å². The third-order valence-corrected chi connectivity index (χ3v) is 2.42. The monoisotopic (exact) mass is 249 g/mol. The van der Waals surface area contributed by atoms with Crippen LogP contribution >= 0.6 is 0 Å². The third-order valence-electron chi connectivity index (χ3n) is 2.42. The largest absolute Gasteiger partial charge is 0.351 e. The van der Waals surface area contributed by atoms with E-state index >= 15 is 0 Å². The lowest BCUT2D eigenvalue weighted by Gasteiger charge is -2.07. The van der Waals surface area contributed by atoms with Crippen LogP contribution in [0.15, 0.2) is 24.3 Å². The first-order valence-corrected chi connectivity index (χ1v) is 6.08. The first kappa shape index (κ1) is 14.0. The van der Waals surface area contributed by atoms with Crippen LogP contribution < -0.4 is 16.4 Å². The minimum absolute atomic E-state index is 0.0142. The Kier molecular flexibility index (Phi) is 5.70. The van der Waals surface area contributed by atoms with E-state index in [9.17, 15) is 9.59 Å². The summed E-state index contributed by atoms with van der Waals surface area (Å²) in [5.41, 5.74) is 6.24. The molecular formula is C13H19N3O2. The van der Waals surface area contributed by atoms with E-state index < -0.39 is 6.03 Å². The van der Waals surface area contributed by atoms with Crippen molar-refractivity contribution < 1.29 is 9.59 Å². The van der Waals surface area contributed by atoms with Gasteiger partial charge in [0.2, 0.25) is 5.91 Å². The molecule has 1 rings (SSSR count). The molecule has 0 radical (unpaired) electrons. The Labute approximate surface area is 107 Å². The number of benzene rings is 1. The van der Waals surface area contributed by atoms with Gasteiger partial charge in [-0.1, -0.05) is 25.8 Å². The molecule has 0 spiro atoms. The number of anilines is 2. The minimum atomic E-state index is -0.624. The maximum Gasteiger partial charge on any atom is 0.316 e. The number of rotatable bonds is 6. The first-order valence-electron chi connectivity index (χ1n) is 6.08. The first-order chi connectivity index (χ1) is 8.61. The van der Waals surface area contributed by atoms with E-state index in [0.717, 1.165) is 19.3 Å². The smallest absolute Gasteiger partial charge is 0.316 e. The SMILES string of the molecule is CCCCCC(=O)Nc1cccc(NC(N)=O)c1. The molecule has 0 aromatic heterocycles. The molecule has 0 saturated carbocycles. The van der Waals surface area contributed by atoms with Gasteiger partial charge in [-0.05, 0) is 24.6 Å². The lowest BCUT2D eigenvalue weighted by Crippen LogP contribution is -2.19. The van der Waals surface area contributed by atoms with Crippen molar-refractivity contribution in [2.45, 2.75) is 32.6 Å². The molecule has 18 heavy (non-hydrogen) atoms. The van der Waals surface area contributed by atoms with E-state index in [4.69, 9.17) is 5.73 Å². The Morgan fingerprint density at radius 3 is 2.44 bits per heavy atom. The van der Waals surface area contributed by atoms with E-state index in [1.807, 2.05) is 0 Å². The van der Waals surface area contributed by atoms with Gasteiger partial charge in [-0.2, -0.15) is 0 Å². The molecule has 0 aliphatic rings. The van der Waals surface area contributed by atoms with Gasteiger partial charge >= 0.3 is 6.03 Å². The van der Waals surface area contributed by atoms with Crippen molar-refractivity contribution in [3.8, 4) is 0 Å². The minimum Gasteiger partial charge on any atom is -0.351 e. The van der Waals surface area contributed by atoms with Crippen LogP contribution in [-0.2, 0) is 4.79 Å². The molecule has 98 valence electrons. The van der Waals surface area contributed by atoms with E-state index in [1.165, 1.54) is 0 Å². The fourth-order valence-electron chi connectivity index (χ4n) is 1.58. The zero-order chi connectivity index (χ0) is 13.4. The molecule has 1 aromatic rings. The predicted octanol–water partition coefficient (Wildman–Crippen LogP) is 2.70. The Hall–Kier alpha value is -2.04. The van der Waals surface area contributed by atoms with E-state index in [-0.39, 0.29) is 5.91 Å². The van der Waals surface area contributed by atoms with Crippen molar-refractivity contribution in [1.82, 2.24) is 0 Å². The number of hydrogen-bond donors (Lipinski definition) is 3. The van der Waals surface area contributed by atoms with Crippen molar-refractivity contribution in [3.63, 3.8) is 0 Å². The van der Waals surface area contributed by atoms with Crippen LogP contribution in [0.2, 0.25) is 0 Å². The average molecular weight is 249 g/mol. The van der Waals surface area contributed by atoms with Crippen molar-refractivity contribution in [2.75, 3.05) is 10.6 Å². The van der Waals surface area contributed by atoms with Gasteiger partial charge in [-0.15, -0.1) is 0 Å². The summed E-state index contributed by atoms with van der Waals surface area (Å²) in [4.78, 5) is 22.3. The summed E-state index contributed by atoms with van der Waals surface area (Å²) in [6.45, 7) is 2.09. The normalized spacial score (nSPS) is 9.83. The molecule has 0 aliphatic heterocycles. The highest BCUT2D eigenvalue weighted by Gasteiger charge is 2.03. The highest BCUT2D eigenvalue weighted by molar-refractivity contribution is 5.93. The van der Waals surface area contributed by atoms with E-state index in [2.05, 4.69) is 17.6 Å². The topological polar surface area (TPSA) is 84.2 Å². The Bertz CT molecular complexity index is 418. The van der Waals surface area contributed by atoms with Gasteiger partial charge in [0, 0.05) is 17.8 Å². The molecule has 0 saturated heterocycles. The standard InChI is InChI=1S/C13H19N3O2/c1-2-3-4-8-12(17)15-10-6-5-7-11(9-10)16-13(14)18/h5-7,9H,2-4,8H2,1H3,(H,15,17)(H3,14,16,18). The quantitative estimate of drug-likeness (QED) is 0.677. The van der Waals surface area contributed by atoms with Crippen molar-refractivity contribution in [1.29, 1.82) is 0 Å². The number of hydrogen-bond acceptors (Lipinski definition) is 2. The van der Waals surface area contributed by atoms with E-state index in [1.54, 1.807) is 24.3 Å². The number of amides is 3. The number of unbranched alkanes of at least 4 members (excludes halogenated alkanes) is 2. The van der Waals surface area contributed by atoms with Crippen LogP contribution in [0, 0.1) is 0 Å². The van der Waals surface area contributed by atoms with Crippen LogP contribution in [0.5, 0.6) is 0 Å². The second-order valence-corrected chi connectivity index (χ2v) is 4.08. The summed E-state index contributed by atoms with van der Waals surface area (Å²) >= 11 is 0. The van der Waals surface area contributed by atoms with Crippen LogP contribution in [0.3, 0.4) is 0 Å². The summed E-state index contributed by atoms with van der Waals surface area (Å²) < 4.78 is 0. The molecule has 0 bridgehead atoms. The summed E-state index contributed by atoms with van der Waals surface area (Å²) in [7, 11) is 0. The fraction of sp³-hybridized carbons (Fsp3) is 0.385. The number of carbonyl (C=O) groups excluding carboxylic acids is 2. The maximum atomic E-state index is 11.6. The fourth-order valence-corrected chi connectivity index (χ4v) is 1.58. The van der Waals surface area contributed by atoms with Crippen LogP contribution in [-0.4, -0.2) is 11.9 Å². The maximum absolute atomic E-state index is 11.6.